The van der Waals surface area contributed by atoms with Gasteiger partial charge in [-0.15, -0.1) is 0 Å². The van der Waals surface area contributed by atoms with Crippen molar-refractivity contribution in [1.82, 2.24) is 5.32 Å². The molecule has 5 heteroatoms. The van der Waals surface area contributed by atoms with Crippen LogP contribution in [-0.2, 0) is 0 Å². The van der Waals surface area contributed by atoms with Crippen LogP contribution in [0.1, 0.15) is 19.3 Å². The van der Waals surface area contributed by atoms with Crippen molar-refractivity contribution in [3.8, 4) is 0 Å². The molecule has 0 aliphatic heterocycles. The second-order valence-corrected chi connectivity index (χ2v) is 3.93. The van der Waals surface area contributed by atoms with Gasteiger partial charge in [-0.3, -0.25) is 0 Å². The van der Waals surface area contributed by atoms with Crippen molar-refractivity contribution in [1.29, 1.82) is 0 Å². The predicted molar refractivity (Wildman–Crippen MR) is 48.8 cm³/mol. The lowest BCUT2D eigenvalue weighted by Crippen LogP contribution is -2.34. The molecule has 84 valence electrons. The largest absolute Gasteiger partial charge is 0.401 e. The summed E-state index contributed by atoms with van der Waals surface area (Å²) in [6.07, 6.45) is -0.932. The van der Waals surface area contributed by atoms with E-state index in [1.54, 1.807) is 0 Å². The third-order valence-corrected chi connectivity index (χ3v) is 2.85. The quantitative estimate of drug-likeness (QED) is 0.738. The van der Waals surface area contributed by atoms with Crippen molar-refractivity contribution in [2.45, 2.75) is 25.4 Å². The molecule has 1 aliphatic rings. The van der Waals surface area contributed by atoms with E-state index in [0.29, 0.717) is 24.9 Å². The van der Waals surface area contributed by atoms with Crippen LogP contribution in [0, 0.1) is 11.8 Å². The summed E-state index contributed by atoms with van der Waals surface area (Å²) in [7, 11) is 0. The molecule has 14 heavy (non-hydrogen) atoms. The molecule has 0 aromatic rings. The average molecular weight is 210 g/mol. The molecule has 0 saturated heterocycles. The summed E-state index contributed by atoms with van der Waals surface area (Å²) < 4.78 is 35.5. The predicted octanol–water partition coefficient (Wildman–Crippen LogP) is 1.51. The van der Waals surface area contributed by atoms with Crippen LogP contribution < -0.4 is 11.1 Å². The average Bonchev–Trinajstić information content (AvgIpc) is 2.49. The van der Waals surface area contributed by atoms with Crippen molar-refractivity contribution in [3.05, 3.63) is 0 Å². The van der Waals surface area contributed by atoms with Gasteiger partial charge in [0.1, 0.15) is 0 Å². The molecule has 1 saturated carbocycles. The lowest BCUT2D eigenvalue weighted by atomic mass is 9.96. The van der Waals surface area contributed by atoms with Crippen LogP contribution in [0.15, 0.2) is 0 Å². The first kappa shape index (κ1) is 11.8. The Kier molecular flexibility index (Phi) is 4.19. The molecule has 1 rings (SSSR count). The second-order valence-electron chi connectivity index (χ2n) is 3.93. The van der Waals surface area contributed by atoms with Gasteiger partial charge in [0.15, 0.2) is 0 Å². The van der Waals surface area contributed by atoms with Gasteiger partial charge in [0.25, 0.3) is 0 Å². The van der Waals surface area contributed by atoms with Crippen molar-refractivity contribution in [3.63, 3.8) is 0 Å². The summed E-state index contributed by atoms with van der Waals surface area (Å²) in [5.74, 6) is 0.748. The number of rotatable bonds is 4. The SMILES string of the molecule is NCC1CCCC1CNCC(F)(F)F. The van der Waals surface area contributed by atoms with Gasteiger partial charge in [-0.1, -0.05) is 6.42 Å². The number of hydrogen-bond donors (Lipinski definition) is 2. The maximum absolute atomic E-state index is 11.8. The Morgan fingerprint density at radius 1 is 1.21 bits per heavy atom. The van der Waals surface area contributed by atoms with E-state index >= 15 is 0 Å². The van der Waals surface area contributed by atoms with Crippen molar-refractivity contribution in [2.24, 2.45) is 17.6 Å². The second kappa shape index (κ2) is 4.98. The van der Waals surface area contributed by atoms with E-state index in [2.05, 4.69) is 5.32 Å². The Bertz CT molecular complexity index is 170. The first-order chi connectivity index (χ1) is 6.53. The van der Waals surface area contributed by atoms with E-state index in [0.717, 1.165) is 19.3 Å². The zero-order chi connectivity index (χ0) is 10.6. The molecule has 0 spiro atoms. The van der Waals surface area contributed by atoms with Gasteiger partial charge in [0.2, 0.25) is 0 Å². The molecule has 2 unspecified atom stereocenters. The maximum atomic E-state index is 11.8. The van der Waals surface area contributed by atoms with E-state index in [9.17, 15) is 13.2 Å². The molecule has 2 nitrogen and oxygen atoms in total. The Morgan fingerprint density at radius 3 is 2.43 bits per heavy atom. The van der Waals surface area contributed by atoms with E-state index in [4.69, 9.17) is 5.73 Å². The Morgan fingerprint density at radius 2 is 1.86 bits per heavy atom. The van der Waals surface area contributed by atoms with Gasteiger partial charge in [-0.2, -0.15) is 13.2 Å². The Balaban J connectivity index is 2.18. The highest BCUT2D eigenvalue weighted by molar-refractivity contribution is 4.79. The molecule has 0 aromatic carbocycles. The summed E-state index contributed by atoms with van der Waals surface area (Å²) in [6, 6.07) is 0. The third-order valence-electron chi connectivity index (χ3n) is 2.85. The minimum Gasteiger partial charge on any atom is -0.330 e. The number of nitrogens with two attached hydrogens (primary N) is 1. The van der Waals surface area contributed by atoms with E-state index in [1.807, 2.05) is 0 Å². The van der Waals surface area contributed by atoms with Crippen LogP contribution in [0.3, 0.4) is 0 Å². The number of alkyl halides is 3. The fourth-order valence-corrected chi connectivity index (χ4v) is 2.09. The topological polar surface area (TPSA) is 38.0 Å². The van der Waals surface area contributed by atoms with E-state index < -0.39 is 12.7 Å². The van der Waals surface area contributed by atoms with Crippen molar-refractivity contribution in [2.75, 3.05) is 19.6 Å². The molecule has 0 bridgehead atoms. The van der Waals surface area contributed by atoms with Crippen LogP contribution in [-0.4, -0.2) is 25.8 Å². The van der Waals surface area contributed by atoms with E-state index in [-0.39, 0.29) is 0 Å². The van der Waals surface area contributed by atoms with E-state index in [1.165, 1.54) is 0 Å². The highest BCUT2D eigenvalue weighted by Crippen LogP contribution is 2.30. The van der Waals surface area contributed by atoms with Gasteiger partial charge in [0, 0.05) is 0 Å². The first-order valence-electron chi connectivity index (χ1n) is 5.00. The minimum atomic E-state index is -4.10. The fraction of sp³-hybridized carbons (Fsp3) is 1.00. The van der Waals surface area contributed by atoms with Crippen molar-refractivity contribution < 1.29 is 13.2 Å². The molecular weight excluding hydrogens is 193 g/mol. The van der Waals surface area contributed by atoms with Crippen LogP contribution in [0.4, 0.5) is 13.2 Å². The molecule has 3 N–H and O–H groups in total. The van der Waals surface area contributed by atoms with Gasteiger partial charge < -0.3 is 11.1 Å². The molecule has 0 radical (unpaired) electrons. The lowest BCUT2D eigenvalue weighted by Gasteiger charge is -2.18. The maximum Gasteiger partial charge on any atom is 0.401 e. The first-order valence-corrected chi connectivity index (χ1v) is 5.00. The van der Waals surface area contributed by atoms with Crippen molar-refractivity contribution >= 4 is 0 Å². The molecule has 0 amide bonds. The summed E-state index contributed by atoms with van der Waals surface area (Å²) >= 11 is 0. The van der Waals surface area contributed by atoms with Crippen LogP contribution in [0.25, 0.3) is 0 Å². The van der Waals surface area contributed by atoms with Crippen LogP contribution in [0.2, 0.25) is 0 Å². The molecule has 0 aromatic heterocycles. The highest BCUT2D eigenvalue weighted by atomic mass is 19.4. The molecule has 1 fully saturated rings. The summed E-state index contributed by atoms with van der Waals surface area (Å²) in [5, 5.41) is 2.45. The highest BCUT2D eigenvalue weighted by Gasteiger charge is 2.29. The summed E-state index contributed by atoms with van der Waals surface area (Å²) in [5.41, 5.74) is 5.53. The monoisotopic (exact) mass is 210 g/mol. The number of hydrogen-bond acceptors (Lipinski definition) is 2. The number of nitrogens with one attached hydrogen (secondary N) is 1. The standard InChI is InChI=1S/C9H17F3N2/c10-9(11,12)6-14-5-8-3-1-2-7(8)4-13/h7-8,14H,1-6,13H2. The molecule has 2 atom stereocenters. The normalized spacial score (nSPS) is 28.3. The van der Waals surface area contributed by atoms with Gasteiger partial charge in [0.05, 0.1) is 6.54 Å². The molecule has 0 heterocycles. The fourth-order valence-electron chi connectivity index (χ4n) is 2.09. The zero-order valence-electron chi connectivity index (χ0n) is 8.11. The van der Waals surface area contributed by atoms with Crippen LogP contribution in [0.5, 0.6) is 0 Å². The third kappa shape index (κ3) is 3.84. The minimum absolute atomic E-state index is 0.336. The molecule has 1 aliphatic carbocycles. The summed E-state index contributed by atoms with van der Waals surface area (Å²) in [4.78, 5) is 0. The summed E-state index contributed by atoms with van der Waals surface area (Å²) in [6.45, 7) is 0.153. The van der Waals surface area contributed by atoms with Crippen LogP contribution >= 0.6 is 0 Å². The van der Waals surface area contributed by atoms with Gasteiger partial charge >= 0.3 is 6.18 Å². The Hall–Kier alpha value is -0.290. The molecular formula is C9H17F3N2. The number of halogens is 3. The Labute approximate surface area is 82.0 Å². The van der Waals surface area contributed by atoms with Gasteiger partial charge in [-0.05, 0) is 37.8 Å². The van der Waals surface area contributed by atoms with Gasteiger partial charge in [-0.25, -0.2) is 0 Å². The smallest absolute Gasteiger partial charge is 0.330 e. The lowest BCUT2D eigenvalue weighted by molar-refractivity contribution is -0.125. The zero-order valence-corrected chi connectivity index (χ0v) is 8.11.